The van der Waals surface area contributed by atoms with E-state index in [2.05, 4.69) is 28.6 Å². The van der Waals surface area contributed by atoms with Crippen LogP contribution in [0.4, 0.5) is 0 Å². The number of hydrogen-bond acceptors (Lipinski definition) is 7. The van der Waals surface area contributed by atoms with Gasteiger partial charge in [0.2, 0.25) is 11.5 Å². The molecule has 5 N–H and O–H groups in total. The third kappa shape index (κ3) is 5.99. The summed E-state index contributed by atoms with van der Waals surface area (Å²) in [5, 5.41) is 15.5. The van der Waals surface area contributed by atoms with E-state index in [1.807, 2.05) is 6.07 Å². The highest BCUT2D eigenvalue weighted by Gasteiger charge is 2.42. The van der Waals surface area contributed by atoms with E-state index in [0.717, 1.165) is 5.56 Å². The van der Waals surface area contributed by atoms with E-state index in [9.17, 15) is 19.5 Å². The van der Waals surface area contributed by atoms with Gasteiger partial charge in [0.1, 0.15) is 0 Å². The van der Waals surface area contributed by atoms with Crippen LogP contribution in [0.15, 0.2) is 40.9 Å². The number of carbonyl (C=O) groups excluding carboxylic acids is 3. The van der Waals surface area contributed by atoms with Crippen molar-refractivity contribution in [2.75, 3.05) is 27.2 Å². The van der Waals surface area contributed by atoms with Crippen LogP contribution < -0.4 is 11.5 Å². The van der Waals surface area contributed by atoms with Crippen molar-refractivity contribution in [2.45, 2.75) is 38.3 Å². The number of nitrogens with two attached hydrogens (primary N) is 2. The number of rotatable bonds is 9. The SMILES string of the molecule is C=N/C(=C\C(C#C[C@]1(O)CCN(C)C1=O)=C/C)n1nc(C(N)=O)c2cc(CN(C)C(=O)CCCN)ccc21. The minimum atomic E-state index is -1.74. The lowest BCUT2D eigenvalue weighted by Gasteiger charge is -2.17. The zero-order valence-electron chi connectivity index (χ0n) is 21.9. The Kier molecular flexibility index (Phi) is 8.83. The van der Waals surface area contributed by atoms with Gasteiger partial charge in [-0.1, -0.05) is 24.0 Å². The Morgan fingerprint density at radius 3 is 2.71 bits per heavy atom. The number of hydrogen-bond donors (Lipinski definition) is 3. The fourth-order valence-electron chi connectivity index (χ4n) is 4.08. The molecular formula is C27H33N7O4. The van der Waals surface area contributed by atoms with E-state index in [0.29, 0.717) is 49.0 Å². The Morgan fingerprint density at radius 1 is 1.39 bits per heavy atom. The van der Waals surface area contributed by atoms with Crippen LogP contribution in [0.3, 0.4) is 0 Å². The lowest BCUT2D eigenvalue weighted by molar-refractivity contribution is -0.137. The second-order valence-corrected chi connectivity index (χ2v) is 9.11. The molecule has 2 heterocycles. The predicted molar refractivity (Wildman–Crippen MR) is 146 cm³/mol. The van der Waals surface area contributed by atoms with E-state index in [-0.39, 0.29) is 23.8 Å². The zero-order chi connectivity index (χ0) is 28.0. The van der Waals surface area contributed by atoms with Crippen LogP contribution in [0.2, 0.25) is 0 Å². The molecule has 1 aliphatic heterocycles. The molecule has 1 aromatic heterocycles. The van der Waals surface area contributed by atoms with Crippen molar-refractivity contribution in [3.05, 3.63) is 47.2 Å². The minimum Gasteiger partial charge on any atom is -0.369 e. The summed E-state index contributed by atoms with van der Waals surface area (Å²) >= 11 is 0. The van der Waals surface area contributed by atoms with Crippen molar-refractivity contribution < 1.29 is 19.5 Å². The van der Waals surface area contributed by atoms with E-state index in [4.69, 9.17) is 11.5 Å². The van der Waals surface area contributed by atoms with Gasteiger partial charge in [0, 0.05) is 51.0 Å². The quantitative estimate of drug-likeness (QED) is 0.253. The van der Waals surface area contributed by atoms with E-state index < -0.39 is 17.4 Å². The first-order valence-corrected chi connectivity index (χ1v) is 12.2. The fraction of sp³-hybridized carbons (Fsp3) is 0.370. The van der Waals surface area contributed by atoms with Crippen molar-refractivity contribution in [1.29, 1.82) is 0 Å². The number of primary amides is 1. The van der Waals surface area contributed by atoms with Gasteiger partial charge in [-0.25, -0.2) is 9.67 Å². The summed E-state index contributed by atoms with van der Waals surface area (Å²) in [4.78, 5) is 43.9. The monoisotopic (exact) mass is 519 g/mol. The standard InChI is InChI=1S/C27H33N7O4/c1-5-18(10-11-27(38)12-14-32(3)26(27)37)16-22(30-2)34-21-9-8-19(15-20(21)24(31-34)25(29)36)17-33(4)23(35)7-6-13-28/h5,8-9,15-16,38H,2,6-7,12-14,17,28H2,1,3-4H3,(H2,29,36)/b18-5-,22-16+/t27-/m0/s1. The third-order valence-corrected chi connectivity index (χ3v) is 6.32. The molecule has 0 spiro atoms. The van der Waals surface area contributed by atoms with Gasteiger partial charge in [-0.3, -0.25) is 14.4 Å². The lowest BCUT2D eigenvalue weighted by atomic mass is 10.0. The Labute approximate surface area is 221 Å². The van der Waals surface area contributed by atoms with Crippen molar-refractivity contribution in [2.24, 2.45) is 16.5 Å². The number of fused-ring (bicyclic) bond motifs is 1. The molecule has 0 aliphatic carbocycles. The van der Waals surface area contributed by atoms with Gasteiger partial charge >= 0.3 is 0 Å². The number of aromatic nitrogens is 2. The summed E-state index contributed by atoms with van der Waals surface area (Å²) in [5.41, 5.74) is 11.2. The summed E-state index contributed by atoms with van der Waals surface area (Å²) in [6, 6.07) is 5.35. The third-order valence-electron chi connectivity index (χ3n) is 6.32. The average molecular weight is 520 g/mol. The molecule has 2 aromatic rings. The minimum absolute atomic E-state index is 0.0296. The Bertz CT molecular complexity index is 1400. The van der Waals surface area contributed by atoms with E-state index in [1.54, 1.807) is 50.2 Å². The number of allylic oxidation sites excluding steroid dienone is 3. The number of carbonyl (C=O) groups is 3. The van der Waals surface area contributed by atoms with Crippen molar-refractivity contribution in [1.82, 2.24) is 19.6 Å². The second kappa shape index (κ2) is 11.9. The maximum atomic E-state index is 12.3. The molecule has 0 unspecified atom stereocenters. The smallest absolute Gasteiger partial charge is 0.269 e. The van der Waals surface area contributed by atoms with Gasteiger partial charge in [0.05, 0.1) is 5.52 Å². The molecular weight excluding hydrogens is 486 g/mol. The van der Waals surface area contributed by atoms with Crippen molar-refractivity contribution in [3.8, 4) is 11.8 Å². The molecule has 3 amide bonds. The molecule has 1 aromatic carbocycles. The van der Waals surface area contributed by atoms with Crippen LogP contribution in [-0.2, 0) is 16.1 Å². The van der Waals surface area contributed by atoms with Crippen molar-refractivity contribution >= 4 is 41.2 Å². The number of likely N-dealkylation sites (tertiary alicyclic amines) is 1. The number of aliphatic imine (C=N–C) groups is 1. The molecule has 0 radical (unpaired) electrons. The van der Waals surface area contributed by atoms with Gasteiger partial charge in [-0.2, -0.15) is 5.10 Å². The first kappa shape index (κ1) is 28.3. The van der Waals surface area contributed by atoms with Crippen LogP contribution in [-0.4, -0.2) is 81.9 Å². The van der Waals surface area contributed by atoms with Crippen LogP contribution in [0, 0.1) is 11.8 Å². The predicted octanol–water partition coefficient (Wildman–Crippen LogP) is 0.874. The highest BCUT2D eigenvalue weighted by Crippen LogP contribution is 2.25. The number of benzene rings is 1. The highest BCUT2D eigenvalue weighted by molar-refractivity contribution is 6.05. The molecule has 11 heteroatoms. The van der Waals surface area contributed by atoms with Crippen LogP contribution in [0.1, 0.15) is 42.2 Å². The molecule has 1 atom stereocenters. The zero-order valence-corrected chi connectivity index (χ0v) is 21.9. The Balaban J connectivity index is 1.98. The van der Waals surface area contributed by atoms with Crippen LogP contribution in [0.25, 0.3) is 16.7 Å². The van der Waals surface area contributed by atoms with Crippen LogP contribution in [0.5, 0.6) is 0 Å². The molecule has 200 valence electrons. The van der Waals surface area contributed by atoms with E-state index in [1.165, 1.54) is 9.58 Å². The molecule has 38 heavy (non-hydrogen) atoms. The topological polar surface area (TPSA) is 160 Å². The molecule has 0 saturated carbocycles. The number of amides is 3. The average Bonchev–Trinajstić information content (AvgIpc) is 3.40. The summed E-state index contributed by atoms with van der Waals surface area (Å²) in [7, 11) is 3.32. The Hall–Kier alpha value is -4.27. The van der Waals surface area contributed by atoms with Gasteiger partial charge in [-0.05, 0) is 50.4 Å². The lowest BCUT2D eigenvalue weighted by Crippen LogP contribution is -2.37. The number of aliphatic hydroxyl groups is 1. The molecule has 11 nitrogen and oxygen atoms in total. The number of likely N-dealkylation sites (N-methyl/N-ethyl adjacent to an activating group) is 1. The summed E-state index contributed by atoms with van der Waals surface area (Å²) in [6.45, 7) is 6.57. The first-order chi connectivity index (χ1) is 18.0. The maximum absolute atomic E-state index is 12.3. The molecule has 0 bridgehead atoms. The molecule has 1 aliphatic rings. The van der Waals surface area contributed by atoms with Gasteiger partial charge in [0.25, 0.3) is 11.8 Å². The van der Waals surface area contributed by atoms with Crippen molar-refractivity contribution in [3.63, 3.8) is 0 Å². The van der Waals surface area contributed by atoms with Gasteiger partial charge in [0.15, 0.2) is 11.5 Å². The van der Waals surface area contributed by atoms with Crippen LogP contribution >= 0.6 is 0 Å². The van der Waals surface area contributed by atoms with E-state index >= 15 is 0 Å². The maximum Gasteiger partial charge on any atom is 0.269 e. The van der Waals surface area contributed by atoms with Gasteiger partial charge in [-0.15, -0.1) is 0 Å². The largest absolute Gasteiger partial charge is 0.369 e. The fourth-order valence-corrected chi connectivity index (χ4v) is 4.08. The number of nitrogens with zero attached hydrogens (tertiary/aromatic N) is 5. The molecule has 1 saturated heterocycles. The molecule has 1 fully saturated rings. The Morgan fingerprint density at radius 2 is 2.13 bits per heavy atom. The highest BCUT2D eigenvalue weighted by atomic mass is 16.3. The van der Waals surface area contributed by atoms with Gasteiger partial charge < -0.3 is 26.4 Å². The molecule has 3 rings (SSSR count). The summed E-state index contributed by atoms with van der Waals surface area (Å²) in [6.07, 6.45) is 4.46. The summed E-state index contributed by atoms with van der Waals surface area (Å²) < 4.78 is 1.43. The summed E-state index contributed by atoms with van der Waals surface area (Å²) in [5.74, 6) is 4.58. The normalized spacial score (nSPS) is 17.9. The first-order valence-electron chi connectivity index (χ1n) is 12.2. The second-order valence-electron chi connectivity index (χ2n) is 9.11.